The van der Waals surface area contributed by atoms with Crippen molar-refractivity contribution in [2.45, 2.75) is 63.3 Å². The Bertz CT molecular complexity index is 1220. The fourth-order valence-electron chi connectivity index (χ4n) is 5.45. The van der Waals surface area contributed by atoms with Crippen LogP contribution in [0.25, 0.3) is 10.9 Å². The van der Waals surface area contributed by atoms with Crippen molar-refractivity contribution in [2.24, 2.45) is 0 Å². The number of carboxylic acids is 1. The lowest BCUT2D eigenvalue weighted by Crippen LogP contribution is -2.46. The summed E-state index contributed by atoms with van der Waals surface area (Å²) in [6.07, 6.45) is 2.39. The van der Waals surface area contributed by atoms with E-state index in [1.807, 2.05) is 31.3 Å². The van der Waals surface area contributed by atoms with Crippen LogP contribution in [0.3, 0.4) is 0 Å². The van der Waals surface area contributed by atoms with Crippen molar-refractivity contribution in [1.29, 1.82) is 0 Å². The lowest BCUT2D eigenvalue weighted by atomic mass is 9.88. The van der Waals surface area contributed by atoms with Gasteiger partial charge in [-0.05, 0) is 55.2 Å². The lowest BCUT2D eigenvalue weighted by Gasteiger charge is -2.43. The van der Waals surface area contributed by atoms with Gasteiger partial charge in [-0.15, -0.1) is 0 Å². The third-order valence-electron chi connectivity index (χ3n) is 7.34. The molecule has 0 spiro atoms. The average Bonchev–Trinajstić information content (AvgIpc) is 3.31. The Hall–Kier alpha value is -2.97. The van der Waals surface area contributed by atoms with E-state index in [0.717, 1.165) is 46.3 Å². The molecule has 1 aliphatic heterocycles. The van der Waals surface area contributed by atoms with E-state index in [0.29, 0.717) is 13.0 Å². The molecule has 5 rings (SSSR count). The molecule has 2 atom stereocenters. The number of aryl methyl sites for hydroxylation is 1. The number of aromatic amines is 1. The van der Waals surface area contributed by atoms with Gasteiger partial charge in [0.1, 0.15) is 5.75 Å². The summed E-state index contributed by atoms with van der Waals surface area (Å²) in [6.45, 7) is 3.41. The van der Waals surface area contributed by atoms with Gasteiger partial charge in [0.15, 0.2) is 0 Å². The number of hydrogen-bond donors (Lipinski definition) is 2. The summed E-state index contributed by atoms with van der Waals surface area (Å²) in [5.41, 5.74) is 4.48. The highest BCUT2D eigenvalue weighted by molar-refractivity contribution is 5.88. The molecule has 6 nitrogen and oxygen atoms in total. The Morgan fingerprint density at radius 3 is 2.60 bits per heavy atom. The molecule has 0 amide bonds. The van der Waals surface area contributed by atoms with Gasteiger partial charge in [-0.25, -0.2) is 13.6 Å². The Labute approximate surface area is 202 Å². The highest BCUT2D eigenvalue weighted by atomic mass is 19.3. The number of benzene rings is 2. The molecule has 3 aromatic rings. The predicted octanol–water partition coefficient (Wildman–Crippen LogP) is 5.70. The normalized spacial score (nSPS) is 22.7. The number of fused-ring (bicyclic) bond motifs is 1. The molecular weight excluding hydrogens is 454 g/mol. The van der Waals surface area contributed by atoms with Crippen LogP contribution in [-0.2, 0) is 11.3 Å². The third-order valence-corrected chi connectivity index (χ3v) is 7.34. The SMILES string of the molecule is COc1cc(C)c2[nH]ccc2c1CN1CC[C@@H](OC2CC(F)(F)C2)C[C@@H]1c1ccc(C(=O)O)cc1. The number of alkyl halides is 2. The van der Waals surface area contributed by atoms with E-state index < -0.39 is 18.0 Å². The van der Waals surface area contributed by atoms with Crippen molar-refractivity contribution >= 4 is 16.9 Å². The second-order valence-electron chi connectivity index (χ2n) is 9.72. The monoisotopic (exact) mass is 484 g/mol. The van der Waals surface area contributed by atoms with Gasteiger partial charge in [0, 0.05) is 54.6 Å². The molecule has 35 heavy (non-hydrogen) atoms. The number of carboxylic acid groups (broad SMARTS) is 1. The van der Waals surface area contributed by atoms with Gasteiger partial charge in [-0.1, -0.05) is 12.1 Å². The number of piperidine rings is 1. The number of rotatable bonds is 7. The minimum atomic E-state index is -2.61. The second kappa shape index (κ2) is 9.24. The third kappa shape index (κ3) is 4.77. The number of methoxy groups -OCH3 is 1. The zero-order valence-corrected chi connectivity index (χ0v) is 19.9. The van der Waals surface area contributed by atoms with Crippen LogP contribution in [0.4, 0.5) is 8.78 Å². The van der Waals surface area contributed by atoms with E-state index >= 15 is 0 Å². The van der Waals surface area contributed by atoms with Gasteiger partial charge >= 0.3 is 5.97 Å². The fraction of sp³-hybridized carbons (Fsp3) is 0.444. The Kier molecular flexibility index (Phi) is 6.27. The van der Waals surface area contributed by atoms with E-state index in [1.165, 1.54) is 0 Å². The smallest absolute Gasteiger partial charge is 0.335 e. The minimum absolute atomic E-state index is 0.0443. The summed E-state index contributed by atoms with van der Waals surface area (Å²) in [4.78, 5) is 17.0. The van der Waals surface area contributed by atoms with Gasteiger partial charge in [-0.3, -0.25) is 4.90 Å². The number of aromatic nitrogens is 1. The molecule has 2 aliphatic rings. The van der Waals surface area contributed by atoms with Crippen molar-refractivity contribution in [3.63, 3.8) is 0 Å². The van der Waals surface area contributed by atoms with Crippen LogP contribution < -0.4 is 4.74 Å². The highest BCUT2D eigenvalue weighted by Crippen LogP contribution is 2.43. The summed E-state index contributed by atoms with van der Waals surface area (Å²) < 4.78 is 38.5. The number of hydrogen-bond acceptors (Lipinski definition) is 4. The van der Waals surface area contributed by atoms with Gasteiger partial charge in [-0.2, -0.15) is 0 Å². The summed E-state index contributed by atoms with van der Waals surface area (Å²) in [7, 11) is 1.67. The number of halogens is 2. The van der Waals surface area contributed by atoms with Crippen molar-refractivity contribution < 1.29 is 28.2 Å². The zero-order valence-electron chi connectivity index (χ0n) is 19.9. The number of likely N-dealkylation sites (tertiary alicyclic amines) is 1. The number of ether oxygens (including phenoxy) is 2. The number of aromatic carboxylic acids is 1. The van der Waals surface area contributed by atoms with Crippen LogP contribution >= 0.6 is 0 Å². The quantitative estimate of drug-likeness (QED) is 0.450. The first-order chi connectivity index (χ1) is 16.7. The van der Waals surface area contributed by atoms with Gasteiger partial charge < -0.3 is 19.6 Å². The van der Waals surface area contributed by atoms with Crippen molar-refractivity contribution in [3.8, 4) is 5.75 Å². The minimum Gasteiger partial charge on any atom is -0.496 e. The van der Waals surface area contributed by atoms with Crippen LogP contribution in [0.2, 0.25) is 0 Å². The number of nitrogens with one attached hydrogen (secondary N) is 1. The van der Waals surface area contributed by atoms with Crippen LogP contribution in [0.15, 0.2) is 42.6 Å². The summed E-state index contributed by atoms with van der Waals surface area (Å²) in [5, 5.41) is 10.4. The molecule has 2 fully saturated rings. The summed E-state index contributed by atoms with van der Waals surface area (Å²) in [6, 6.07) is 11.0. The molecule has 2 N–H and O–H groups in total. The predicted molar refractivity (Wildman–Crippen MR) is 128 cm³/mol. The second-order valence-corrected chi connectivity index (χ2v) is 9.72. The summed E-state index contributed by atoms with van der Waals surface area (Å²) >= 11 is 0. The van der Waals surface area contributed by atoms with E-state index in [9.17, 15) is 18.7 Å². The summed E-state index contributed by atoms with van der Waals surface area (Å²) in [5.74, 6) is -2.76. The van der Waals surface area contributed by atoms with Crippen molar-refractivity contribution in [3.05, 3.63) is 64.8 Å². The maximum Gasteiger partial charge on any atom is 0.335 e. The molecular formula is C27H30F2N2O4. The first-order valence-electron chi connectivity index (χ1n) is 12.0. The van der Waals surface area contributed by atoms with E-state index in [1.54, 1.807) is 19.2 Å². The molecule has 1 saturated heterocycles. The maximum atomic E-state index is 13.3. The van der Waals surface area contributed by atoms with Crippen molar-refractivity contribution in [2.75, 3.05) is 13.7 Å². The van der Waals surface area contributed by atoms with E-state index in [4.69, 9.17) is 9.47 Å². The number of nitrogens with zero attached hydrogens (tertiary/aromatic N) is 1. The molecule has 1 saturated carbocycles. The van der Waals surface area contributed by atoms with Crippen LogP contribution in [0, 0.1) is 6.92 Å². The van der Waals surface area contributed by atoms with Gasteiger partial charge in [0.2, 0.25) is 0 Å². The Morgan fingerprint density at radius 1 is 1.20 bits per heavy atom. The maximum absolute atomic E-state index is 13.3. The number of carbonyl (C=O) groups is 1. The van der Waals surface area contributed by atoms with Crippen LogP contribution in [0.1, 0.15) is 58.8 Å². The first kappa shape index (κ1) is 23.8. The fourth-order valence-corrected chi connectivity index (χ4v) is 5.45. The topological polar surface area (TPSA) is 74.8 Å². The molecule has 1 aromatic heterocycles. The Balaban J connectivity index is 1.43. The van der Waals surface area contributed by atoms with Gasteiger partial charge in [0.25, 0.3) is 5.92 Å². The molecule has 2 aromatic carbocycles. The average molecular weight is 485 g/mol. The zero-order chi connectivity index (χ0) is 24.7. The molecule has 1 aliphatic carbocycles. The molecule has 2 heterocycles. The standard InChI is InChI=1S/C27H30F2N2O4/c1-16-11-24(34-2)22(21-7-9-30-25(16)21)15-31-10-8-19(35-20-13-27(28,29)14-20)12-23(31)17-3-5-18(6-4-17)26(32)33/h3-7,9,11,19-20,23,30H,8,10,12-15H2,1-2H3,(H,32,33)/t19-,23-/m1/s1. The molecule has 0 bridgehead atoms. The van der Waals surface area contributed by atoms with Crippen LogP contribution in [-0.4, -0.2) is 52.7 Å². The molecule has 8 heteroatoms. The van der Waals surface area contributed by atoms with E-state index in [-0.39, 0.29) is 30.6 Å². The first-order valence-corrected chi connectivity index (χ1v) is 12.0. The molecule has 0 radical (unpaired) electrons. The number of H-pyrrole nitrogens is 1. The Morgan fingerprint density at radius 2 is 1.94 bits per heavy atom. The highest BCUT2D eigenvalue weighted by Gasteiger charge is 2.47. The van der Waals surface area contributed by atoms with E-state index in [2.05, 4.69) is 16.0 Å². The van der Waals surface area contributed by atoms with Gasteiger partial charge in [0.05, 0.1) is 24.9 Å². The van der Waals surface area contributed by atoms with Crippen LogP contribution in [0.5, 0.6) is 5.75 Å². The largest absolute Gasteiger partial charge is 0.496 e. The lowest BCUT2D eigenvalue weighted by molar-refractivity contribution is -0.190. The molecule has 186 valence electrons. The van der Waals surface area contributed by atoms with Crippen molar-refractivity contribution in [1.82, 2.24) is 9.88 Å². The molecule has 0 unspecified atom stereocenters.